The molecule has 1 rings (SSSR count). The second kappa shape index (κ2) is 2.74. The minimum absolute atomic E-state index is 0.0150. The molecule has 0 radical (unpaired) electrons. The molecular formula is C7H8O3Se. The first-order valence-electron chi connectivity index (χ1n) is 3.04. The van der Waals surface area contributed by atoms with E-state index in [4.69, 9.17) is 4.19 Å². The van der Waals surface area contributed by atoms with Gasteiger partial charge in [-0.3, -0.25) is 0 Å². The predicted molar refractivity (Wildman–Crippen MR) is 40.2 cm³/mol. The SMILES string of the molecule is Cc1cccc([Se](=O)(=O)O)c1. The maximum absolute atomic E-state index is 10.6. The van der Waals surface area contributed by atoms with E-state index in [2.05, 4.69) is 0 Å². The quantitative estimate of drug-likeness (QED) is 0.676. The first-order valence-corrected chi connectivity index (χ1v) is 6.06. The van der Waals surface area contributed by atoms with E-state index in [0.29, 0.717) is 0 Å². The van der Waals surface area contributed by atoms with E-state index < -0.39 is 13.0 Å². The second-order valence-corrected chi connectivity index (χ2v) is 5.27. The summed E-state index contributed by atoms with van der Waals surface area (Å²) in [6, 6.07) is 6.20. The van der Waals surface area contributed by atoms with Crippen LogP contribution in [0.5, 0.6) is 0 Å². The van der Waals surface area contributed by atoms with Gasteiger partial charge in [0.15, 0.2) is 0 Å². The zero-order chi connectivity index (χ0) is 8.48. The Kier molecular flexibility index (Phi) is 2.09. The standard InChI is InChI=1S/C7H8O3Se/c1-6-3-2-4-7(5-6)11(8,9)10/h2-5H,1H3,(H,8,9,10). The summed E-state index contributed by atoms with van der Waals surface area (Å²) < 4.78 is 29.9. The van der Waals surface area contributed by atoms with Crippen LogP contribution in [0.1, 0.15) is 5.56 Å². The van der Waals surface area contributed by atoms with Gasteiger partial charge in [0, 0.05) is 0 Å². The minimum atomic E-state index is -4.73. The van der Waals surface area contributed by atoms with Crippen LogP contribution in [-0.4, -0.2) is 17.2 Å². The van der Waals surface area contributed by atoms with Crippen LogP contribution in [0, 0.1) is 6.92 Å². The van der Waals surface area contributed by atoms with Crippen LogP contribution < -0.4 is 4.46 Å². The normalized spacial score (nSPS) is 11.5. The molecule has 0 heterocycles. The van der Waals surface area contributed by atoms with Crippen molar-refractivity contribution in [1.29, 1.82) is 0 Å². The third-order valence-electron chi connectivity index (χ3n) is 1.29. The molecule has 1 aromatic rings. The summed E-state index contributed by atoms with van der Waals surface area (Å²) in [5, 5.41) is 0. The van der Waals surface area contributed by atoms with Gasteiger partial charge in [0.25, 0.3) is 0 Å². The number of benzene rings is 1. The molecule has 0 atom stereocenters. The molecule has 0 aliphatic heterocycles. The molecule has 0 amide bonds. The summed E-state index contributed by atoms with van der Waals surface area (Å²) >= 11 is -4.73. The molecule has 0 fully saturated rings. The van der Waals surface area contributed by atoms with Crippen molar-refractivity contribution in [3.05, 3.63) is 29.8 Å². The second-order valence-electron chi connectivity index (χ2n) is 2.29. The number of hydrogen-bond acceptors (Lipinski definition) is 2. The number of aryl methyl sites for hydroxylation is 1. The Balaban J connectivity index is 3.28. The molecule has 11 heavy (non-hydrogen) atoms. The number of rotatable bonds is 1. The van der Waals surface area contributed by atoms with E-state index in [1.54, 1.807) is 19.1 Å². The molecule has 0 aliphatic carbocycles. The molecule has 3 nitrogen and oxygen atoms in total. The van der Waals surface area contributed by atoms with Crippen molar-refractivity contribution in [2.24, 2.45) is 0 Å². The van der Waals surface area contributed by atoms with Crippen LogP contribution in [-0.2, 0) is 7.67 Å². The van der Waals surface area contributed by atoms with Crippen molar-refractivity contribution in [1.82, 2.24) is 0 Å². The fourth-order valence-corrected chi connectivity index (χ4v) is 2.00. The van der Waals surface area contributed by atoms with E-state index in [0.717, 1.165) is 5.56 Å². The predicted octanol–water partition coefficient (Wildman–Crippen LogP) is -0.00578. The first kappa shape index (κ1) is 8.40. The van der Waals surface area contributed by atoms with Crippen LogP contribution in [0.15, 0.2) is 24.3 Å². The Morgan fingerprint density at radius 2 is 2.00 bits per heavy atom. The van der Waals surface area contributed by atoms with E-state index in [1.165, 1.54) is 12.1 Å². The Hall–Kier alpha value is -0.701. The van der Waals surface area contributed by atoms with Crippen molar-refractivity contribution in [2.45, 2.75) is 6.92 Å². The summed E-state index contributed by atoms with van der Waals surface area (Å²) in [5.74, 6) is 0. The van der Waals surface area contributed by atoms with Crippen molar-refractivity contribution in [3.8, 4) is 0 Å². The molecule has 1 aromatic carbocycles. The zero-order valence-electron chi connectivity index (χ0n) is 5.98. The Bertz CT molecular complexity index is 354. The van der Waals surface area contributed by atoms with Gasteiger partial charge in [-0.1, -0.05) is 0 Å². The van der Waals surface area contributed by atoms with E-state index in [1.807, 2.05) is 0 Å². The van der Waals surface area contributed by atoms with Crippen molar-refractivity contribution < 1.29 is 11.9 Å². The van der Waals surface area contributed by atoms with Crippen LogP contribution in [0.2, 0.25) is 0 Å². The summed E-state index contributed by atoms with van der Waals surface area (Å²) in [4.78, 5) is 0. The Labute approximate surface area is 66.6 Å². The molecule has 0 spiro atoms. The van der Waals surface area contributed by atoms with E-state index >= 15 is 0 Å². The van der Waals surface area contributed by atoms with Gasteiger partial charge in [0.1, 0.15) is 0 Å². The van der Waals surface area contributed by atoms with E-state index in [-0.39, 0.29) is 4.46 Å². The average molecular weight is 219 g/mol. The maximum atomic E-state index is 10.6. The topological polar surface area (TPSA) is 54.4 Å². The van der Waals surface area contributed by atoms with Gasteiger partial charge in [-0.15, -0.1) is 0 Å². The summed E-state index contributed by atoms with van der Waals surface area (Å²) in [7, 11) is 0. The number of hydrogen-bond donors (Lipinski definition) is 1. The van der Waals surface area contributed by atoms with Crippen molar-refractivity contribution in [2.75, 3.05) is 0 Å². The van der Waals surface area contributed by atoms with Gasteiger partial charge >= 0.3 is 66.1 Å². The van der Waals surface area contributed by atoms with Gasteiger partial charge < -0.3 is 0 Å². The molecule has 0 saturated carbocycles. The zero-order valence-corrected chi connectivity index (χ0v) is 7.69. The summed E-state index contributed by atoms with van der Waals surface area (Å²) in [6.07, 6.45) is 0. The van der Waals surface area contributed by atoms with Crippen molar-refractivity contribution in [3.63, 3.8) is 0 Å². The van der Waals surface area contributed by atoms with Gasteiger partial charge in [0.05, 0.1) is 0 Å². The third kappa shape index (κ3) is 2.12. The molecule has 4 heteroatoms. The average Bonchev–Trinajstić information content (AvgIpc) is 1.86. The fraction of sp³-hybridized carbons (Fsp3) is 0.143. The fourth-order valence-electron chi connectivity index (χ4n) is 0.776. The summed E-state index contributed by atoms with van der Waals surface area (Å²) in [6.45, 7) is 1.77. The summed E-state index contributed by atoms with van der Waals surface area (Å²) in [5.41, 5.74) is 0.824. The molecule has 0 aliphatic rings. The van der Waals surface area contributed by atoms with Gasteiger partial charge in [-0.25, -0.2) is 0 Å². The van der Waals surface area contributed by atoms with Crippen LogP contribution in [0.4, 0.5) is 0 Å². The molecular weight excluding hydrogens is 211 g/mol. The van der Waals surface area contributed by atoms with Crippen LogP contribution >= 0.6 is 0 Å². The molecule has 0 unspecified atom stereocenters. The Morgan fingerprint density at radius 1 is 1.36 bits per heavy atom. The molecule has 1 N–H and O–H groups in total. The van der Waals surface area contributed by atoms with Gasteiger partial charge in [-0.05, 0) is 0 Å². The molecule has 60 valence electrons. The van der Waals surface area contributed by atoms with Crippen LogP contribution in [0.3, 0.4) is 0 Å². The van der Waals surface area contributed by atoms with Gasteiger partial charge in [-0.2, -0.15) is 0 Å². The van der Waals surface area contributed by atoms with Gasteiger partial charge in [0.2, 0.25) is 0 Å². The van der Waals surface area contributed by atoms with Crippen molar-refractivity contribution >= 4 is 17.5 Å². The molecule has 0 saturated heterocycles. The monoisotopic (exact) mass is 220 g/mol. The van der Waals surface area contributed by atoms with Crippen LogP contribution in [0.25, 0.3) is 0 Å². The molecule has 0 bridgehead atoms. The molecule has 0 aromatic heterocycles. The Morgan fingerprint density at radius 3 is 2.36 bits per heavy atom. The third-order valence-corrected chi connectivity index (χ3v) is 3.07. The first-order chi connectivity index (χ1) is 5.00. The van der Waals surface area contributed by atoms with E-state index in [9.17, 15) is 7.67 Å².